The third-order valence-electron chi connectivity index (χ3n) is 1.72. The molecule has 0 radical (unpaired) electrons. The molecule has 0 bridgehead atoms. The number of hydrogen-bond donors (Lipinski definition) is 1. The molecule has 1 amide bonds. The van der Waals surface area contributed by atoms with Crippen molar-refractivity contribution in [3.8, 4) is 0 Å². The molecular weight excluding hydrogens is 328 g/mol. The first kappa shape index (κ1) is 14.4. The molecule has 0 saturated heterocycles. The number of rotatable bonds is 2. The molecule has 0 saturated carbocycles. The van der Waals surface area contributed by atoms with E-state index in [0.29, 0.717) is 0 Å². The zero-order valence-electron chi connectivity index (χ0n) is 8.22. The molecule has 0 aliphatic heterocycles. The van der Waals surface area contributed by atoms with Crippen LogP contribution < -0.4 is 5.32 Å². The van der Waals surface area contributed by atoms with E-state index in [4.69, 9.17) is 0 Å². The molecule has 18 heavy (non-hydrogen) atoms. The Morgan fingerprint density at radius 1 is 1.39 bits per heavy atom. The molecule has 1 N–H and O–H groups in total. The average Bonchev–Trinajstić information content (AvgIpc) is 2.21. The van der Waals surface area contributed by atoms with Crippen molar-refractivity contribution in [2.24, 2.45) is 0 Å². The number of nitrogens with one attached hydrogen (secondary N) is 1. The summed E-state index contributed by atoms with van der Waals surface area (Å²) in [4.78, 5) is 19.9. The highest BCUT2D eigenvalue weighted by Gasteiger charge is 2.39. The van der Waals surface area contributed by atoms with Crippen molar-refractivity contribution in [3.05, 3.63) is 32.5 Å². The summed E-state index contributed by atoms with van der Waals surface area (Å²) < 4.78 is 49.2. The molecule has 0 aliphatic carbocycles. The Balaban J connectivity index is 3.18. The first-order valence-corrected chi connectivity index (χ1v) is 4.94. The number of nitro benzene ring substituents is 1. The Hall–Kier alpha value is -1.71. The second kappa shape index (κ2) is 4.88. The zero-order chi connectivity index (χ0) is 14.1. The predicted molar refractivity (Wildman–Crippen MR) is 55.4 cm³/mol. The van der Waals surface area contributed by atoms with E-state index in [1.54, 1.807) is 0 Å². The van der Waals surface area contributed by atoms with Crippen molar-refractivity contribution < 1.29 is 27.3 Å². The lowest BCUT2D eigenvalue weighted by Gasteiger charge is -2.09. The van der Waals surface area contributed by atoms with Crippen LogP contribution in [-0.4, -0.2) is 17.0 Å². The minimum Gasteiger partial charge on any atom is -0.315 e. The lowest BCUT2D eigenvalue weighted by Crippen LogP contribution is -2.30. The summed E-state index contributed by atoms with van der Waals surface area (Å²) >= 11 is 2.75. The van der Waals surface area contributed by atoms with Gasteiger partial charge < -0.3 is 5.32 Å². The summed E-state index contributed by atoms with van der Waals surface area (Å²) in [5.74, 6) is -3.98. The molecule has 0 fully saturated rings. The molecule has 1 rings (SSSR count). The maximum Gasteiger partial charge on any atom is 0.471 e. The van der Waals surface area contributed by atoms with Gasteiger partial charge in [-0.15, -0.1) is 0 Å². The lowest BCUT2D eigenvalue weighted by atomic mass is 10.2. The van der Waals surface area contributed by atoms with Gasteiger partial charge in [0.25, 0.3) is 0 Å². The Labute approximate surface area is 105 Å². The maximum atomic E-state index is 13.4. The Morgan fingerprint density at radius 2 is 1.94 bits per heavy atom. The Morgan fingerprint density at radius 3 is 2.39 bits per heavy atom. The fourth-order valence-electron chi connectivity index (χ4n) is 0.992. The molecule has 0 heterocycles. The predicted octanol–water partition coefficient (Wildman–Crippen LogP) is 3.00. The van der Waals surface area contributed by atoms with Gasteiger partial charge in [0.1, 0.15) is 0 Å². The highest BCUT2D eigenvalue weighted by Crippen LogP contribution is 2.30. The van der Waals surface area contributed by atoms with Crippen LogP contribution in [0.15, 0.2) is 16.6 Å². The molecule has 10 heteroatoms. The van der Waals surface area contributed by atoms with Gasteiger partial charge in [0.15, 0.2) is 0 Å². The van der Waals surface area contributed by atoms with Gasteiger partial charge in [-0.2, -0.15) is 17.6 Å². The van der Waals surface area contributed by atoms with Crippen LogP contribution in [0.25, 0.3) is 0 Å². The van der Waals surface area contributed by atoms with Gasteiger partial charge in [-0.25, -0.2) is 0 Å². The number of amides is 1. The van der Waals surface area contributed by atoms with Gasteiger partial charge in [0, 0.05) is 10.5 Å². The van der Waals surface area contributed by atoms with E-state index in [1.807, 2.05) is 0 Å². The lowest BCUT2D eigenvalue weighted by molar-refractivity contribution is -0.387. The van der Waals surface area contributed by atoms with Crippen LogP contribution in [0.4, 0.5) is 28.9 Å². The molecule has 1 aromatic carbocycles. The van der Waals surface area contributed by atoms with Crippen LogP contribution in [0.3, 0.4) is 0 Å². The van der Waals surface area contributed by atoms with Crippen molar-refractivity contribution in [1.82, 2.24) is 0 Å². The Kier molecular flexibility index (Phi) is 3.89. The Bertz CT molecular complexity index is 518. The standard InChI is InChI=1S/C8H3BrF4N2O3/c9-3-1-4(14-7(16)8(11,12)13)6(10)5(2-3)15(17)18/h1-2H,(H,14,16). The summed E-state index contributed by atoms with van der Waals surface area (Å²) in [6.07, 6.45) is -5.22. The highest BCUT2D eigenvalue weighted by atomic mass is 79.9. The van der Waals surface area contributed by atoms with Gasteiger partial charge in [0.2, 0.25) is 5.82 Å². The first-order valence-electron chi connectivity index (χ1n) is 4.14. The number of nitro groups is 1. The third kappa shape index (κ3) is 3.15. The quantitative estimate of drug-likeness (QED) is 0.514. The zero-order valence-corrected chi connectivity index (χ0v) is 9.80. The first-order chi connectivity index (χ1) is 8.12. The SMILES string of the molecule is O=C(Nc1cc(Br)cc([N+](=O)[O-])c1F)C(F)(F)F. The van der Waals surface area contributed by atoms with Crippen molar-refractivity contribution in [2.75, 3.05) is 5.32 Å². The number of alkyl halides is 3. The number of hydrogen-bond acceptors (Lipinski definition) is 3. The number of anilines is 1. The summed E-state index contributed by atoms with van der Waals surface area (Å²) in [7, 11) is 0. The summed E-state index contributed by atoms with van der Waals surface area (Å²) in [5.41, 5.74) is -1.99. The van der Waals surface area contributed by atoms with Crippen molar-refractivity contribution >= 4 is 33.2 Å². The third-order valence-corrected chi connectivity index (χ3v) is 2.18. The number of carbonyl (C=O) groups excluding carboxylic acids is 1. The molecule has 0 aliphatic rings. The van der Waals surface area contributed by atoms with E-state index in [-0.39, 0.29) is 4.47 Å². The van der Waals surface area contributed by atoms with Gasteiger partial charge >= 0.3 is 17.8 Å². The van der Waals surface area contributed by atoms with Crippen molar-refractivity contribution in [3.63, 3.8) is 0 Å². The van der Waals surface area contributed by atoms with E-state index < -0.39 is 34.2 Å². The highest BCUT2D eigenvalue weighted by molar-refractivity contribution is 9.10. The fourth-order valence-corrected chi connectivity index (χ4v) is 1.44. The van der Waals surface area contributed by atoms with E-state index in [9.17, 15) is 32.5 Å². The number of benzene rings is 1. The van der Waals surface area contributed by atoms with Crippen LogP contribution in [0.1, 0.15) is 0 Å². The summed E-state index contributed by atoms with van der Waals surface area (Å²) in [5, 5.41) is 11.6. The molecule has 0 spiro atoms. The van der Waals surface area contributed by atoms with Crippen LogP contribution in [0.5, 0.6) is 0 Å². The van der Waals surface area contributed by atoms with Crippen LogP contribution >= 0.6 is 15.9 Å². The molecule has 98 valence electrons. The average molecular weight is 331 g/mol. The second-order valence-corrected chi connectivity index (χ2v) is 3.91. The van der Waals surface area contributed by atoms with E-state index in [1.165, 1.54) is 5.32 Å². The second-order valence-electron chi connectivity index (χ2n) is 3.00. The summed E-state index contributed by atoms with van der Waals surface area (Å²) in [6.45, 7) is 0. The fraction of sp³-hybridized carbons (Fsp3) is 0.125. The molecule has 5 nitrogen and oxygen atoms in total. The van der Waals surface area contributed by atoms with E-state index in [2.05, 4.69) is 15.9 Å². The minimum absolute atomic E-state index is 0.0481. The number of halogens is 5. The molecular formula is C8H3BrF4N2O3. The molecule has 0 aromatic heterocycles. The monoisotopic (exact) mass is 330 g/mol. The van der Waals surface area contributed by atoms with Gasteiger partial charge in [-0.3, -0.25) is 14.9 Å². The summed E-state index contributed by atoms with van der Waals surface area (Å²) in [6, 6.07) is 1.55. The van der Waals surface area contributed by atoms with Crippen LogP contribution in [-0.2, 0) is 4.79 Å². The van der Waals surface area contributed by atoms with Crippen LogP contribution in [0.2, 0.25) is 0 Å². The molecule has 1 aromatic rings. The van der Waals surface area contributed by atoms with Gasteiger partial charge in [0.05, 0.1) is 10.6 Å². The normalized spacial score (nSPS) is 11.2. The smallest absolute Gasteiger partial charge is 0.315 e. The van der Waals surface area contributed by atoms with E-state index in [0.717, 1.165) is 12.1 Å². The van der Waals surface area contributed by atoms with Crippen LogP contribution in [0, 0.1) is 15.9 Å². The minimum atomic E-state index is -5.22. The maximum absolute atomic E-state index is 13.4. The molecule has 0 unspecified atom stereocenters. The van der Waals surface area contributed by atoms with Gasteiger partial charge in [-0.05, 0) is 6.07 Å². The molecule has 0 atom stereocenters. The van der Waals surface area contributed by atoms with Gasteiger partial charge in [-0.1, -0.05) is 15.9 Å². The van der Waals surface area contributed by atoms with Crippen molar-refractivity contribution in [1.29, 1.82) is 0 Å². The topological polar surface area (TPSA) is 72.2 Å². The largest absolute Gasteiger partial charge is 0.471 e. The van der Waals surface area contributed by atoms with Crippen molar-refractivity contribution in [2.45, 2.75) is 6.18 Å². The number of nitrogens with zero attached hydrogens (tertiary/aromatic N) is 1. The number of carbonyl (C=O) groups is 1. The van der Waals surface area contributed by atoms with E-state index >= 15 is 0 Å².